The molecule has 4 aromatic rings. The van der Waals surface area contributed by atoms with Crippen molar-refractivity contribution in [1.82, 2.24) is 0 Å². The van der Waals surface area contributed by atoms with Crippen LogP contribution in [0.2, 0.25) is 0 Å². The number of benzene rings is 4. The van der Waals surface area contributed by atoms with E-state index in [0.717, 1.165) is 84.0 Å². The molecule has 0 radical (unpaired) electrons. The third-order valence-corrected chi connectivity index (χ3v) is 13.9. The fraction of sp³-hybridized carbons (Fsp3) is 0.615. The van der Waals surface area contributed by atoms with Gasteiger partial charge in [0.2, 0.25) is 0 Å². The number of hydrogen-bond donors (Lipinski definition) is 0. The SMILES string of the molecule is CCCCCCCCc1cc2cccc(CCCCCCCC)c2cc1S(=O)(=O)[O-].CCCCCCCCc1cc2cccc(CCCCCCCC)c2cc1S(=O)(=O)[O-].[Ba+2]. The van der Waals surface area contributed by atoms with Crippen LogP contribution in [-0.2, 0) is 45.9 Å². The standard InChI is InChI=1S/2C26H40O3S.Ba/c2*1-3-5-7-9-11-13-16-22-18-15-19-23-20-24(17-14-12-10-8-6-4-2)26(21-25(22)23)30(27,28)29;/h2*15,18-21H,3-14,16-17H2,1-2H3,(H,27,28,29);/q;;+2/p-2. The zero-order valence-corrected chi connectivity index (χ0v) is 44.6. The Morgan fingerprint density at radius 1 is 0.361 bits per heavy atom. The van der Waals surface area contributed by atoms with Gasteiger partial charge in [-0.15, -0.1) is 0 Å². The molecule has 0 saturated carbocycles. The molecule has 0 atom stereocenters. The van der Waals surface area contributed by atoms with E-state index in [9.17, 15) is 25.9 Å². The van der Waals surface area contributed by atoms with Gasteiger partial charge >= 0.3 is 48.9 Å². The first-order valence-electron chi connectivity index (χ1n) is 23.9. The van der Waals surface area contributed by atoms with Crippen LogP contribution in [0.5, 0.6) is 0 Å². The summed E-state index contributed by atoms with van der Waals surface area (Å²) in [5, 5.41) is 3.94. The van der Waals surface area contributed by atoms with Crippen molar-refractivity contribution in [2.45, 2.75) is 217 Å². The molecule has 0 aliphatic carbocycles. The van der Waals surface area contributed by atoms with Gasteiger partial charge in [0.15, 0.2) is 0 Å². The molecule has 6 nitrogen and oxygen atoms in total. The third-order valence-electron chi connectivity index (χ3n) is 12.0. The summed E-state index contributed by atoms with van der Waals surface area (Å²) in [5.41, 5.74) is 3.67. The minimum atomic E-state index is -4.48. The van der Waals surface area contributed by atoms with Gasteiger partial charge < -0.3 is 9.11 Å². The summed E-state index contributed by atoms with van der Waals surface area (Å²) < 4.78 is 71.9. The molecule has 0 aliphatic heterocycles. The number of fused-ring (bicyclic) bond motifs is 2. The maximum atomic E-state index is 12.0. The predicted octanol–water partition coefficient (Wildman–Crippen LogP) is 14.7. The molecule has 4 aromatic carbocycles. The number of unbranched alkanes of at least 4 members (excludes halogenated alkanes) is 20. The number of rotatable bonds is 30. The molecule has 0 amide bonds. The van der Waals surface area contributed by atoms with E-state index in [1.54, 1.807) is 12.1 Å². The molecule has 61 heavy (non-hydrogen) atoms. The molecular weight excluding hydrogens is 922 g/mol. The van der Waals surface area contributed by atoms with Gasteiger partial charge in [0.25, 0.3) is 0 Å². The van der Waals surface area contributed by atoms with Gasteiger partial charge in [-0.25, -0.2) is 16.8 Å². The molecule has 0 heterocycles. The minimum Gasteiger partial charge on any atom is -0.744 e. The zero-order valence-electron chi connectivity index (χ0n) is 38.5. The van der Waals surface area contributed by atoms with E-state index < -0.39 is 20.2 Å². The summed E-state index contributed by atoms with van der Waals surface area (Å²) in [6, 6.07) is 19.5. The molecule has 0 unspecified atom stereocenters. The van der Waals surface area contributed by atoms with Gasteiger partial charge in [-0.3, -0.25) is 0 Å². The fourth-order valence-electron chi connectivity index (χ4n) is 8.51. The minimum absolute atomic E-state index is 0. The van der Waals surface area contributed by atoms with Crippen LogP contribution in [-0.4, -0.2) is 74.8 Å². The number of aryl methyl sites for hydroxylation is 4. The van der Waals surface area contributed by atoms with Crippen LogP contribution in [0.1, 0.15) is 204 Å². The zero-order chi connectivity index (χ0) is 43.6. The van der Waals surface area contributed by atoms with Gasteiger partial charge in [0, 0.05) is 0 Å². The second-order valence-electron chi connectivity index (χ2n) is 17.2. The van der Waals surface area contributed by atoms with Crippen LogP contribution < -0.4 is 0 Å². The summed E-state index contributed by atoms with van der Waals surface area (Å²) in [6.07, 6.45) is 31.6. The van der Waals surface area contributed by atoms with Gasteiger partial charge in [0.1, 0.15) is 20.2 Å². The Labute approximate surface area is 412 Å². The van der Waals surface area contributed by atoms with Gasteiger partial charge in [-0.05, 0) is 119 Å². The average Bonchev–Trinajstić information content (AvgIpc) is 3.22. The maximum Gasteiger partial charge on any atom is 2.00 e. The van der Waals surface area contributed by atoms with Crippen molar-refractivity contribution in [2.75, 3.05) is 0 Å². The van der Waals surface area contributed by atoms with E-state index in [1.165, 1.54) is 116 Å². The van der Waals surface area contributed by atoms with Crippen molar-refractivity contribution in [3.8, 4) is 0 Å². The molecule has 0 bridgehead atoms. The van der Waals surface area contributed by atoms with E-state index >= 15 is 0 Å². The number of hydrogen-bond acceptors (Lipinski definition) is 6. The molecule has 0 spiro atoms. The Bertz CT molecular complexity index is 1900. The van der Waals surface area contributed by atoms with Crippen LogP contribution in [0.3, 0.4) is 0 Å². The van der Waals surface area contributed by atoms with Crippen LogP contribution in [0.25, 0.3) is 21.5 Å². The fourth-order valence-corrected chi connectivity index (χ4v) is 10.00. The molecule has 336 valence electrons. The molecule has 9 heteroatoms. The second kappa shape index (κ2) is 31.6. The van der Waals surface area contributed by atoms with Crippen molar-refractivity contribution < 1.29 is 25.9 Å². The van der Waals surface area contributed by atoms with Crippen molar-refractivity contribution in [1.29, 1.82) is 0 Å². The predicted molar refractivity (Wildman–Crippen MR) is 258 cm³/mol. The molecule has 0 N–H and O–H groups in total. The van der Waals surface area contributed by atoms with Crippen LogP contribution in [0, 0.1) is 0 Å². The van der Waals surface area contributed by atoms with E-state index in [-0.39, 0.29) is 58.7 Å². The summed E-state index contributed by atoms with van der Waals surface area (Å²) in [4.78, 5) is -0.0297. The molecular formula is C52H78BaO6S2. The van der Waals surface area contributed by atoms with Gasteiger partial charge in [-0.1, -0.05) is 193 Å². The smallest absolute Gasteiger partial charge is 0.744 e. The largest absolute Gasteiger partial charge is 2.00 e. The molecule has 0 fully saturated rings. The van der Waals surface area contributed by atoms with Gasteiger partial charge in [-0.2, -0.15) is 0 Å². The van der Waals surface area contributed by atoms with E-state index in [0.29, 0.717) is 24.0 Å². The topological polar surface area (TPSA) is 114 Å². The maximum absolute atomic E-state index is 12.0. The Kier molecular flexibility index (Phi) is 29.0. The molecule has 0 aromatic heterocycles. The first-order valence-corrected chi connectivity index (χ1v) is 26.8. The van der Waals surface area contributed by atoms with Crippen LogP contribution in [0.15, 0.2) is 70.5 Å². The van der Waals surface area contributed by atoms with Gasteiger partial charge in [0.05, 0.1) is 9.79 Å². The van der Waals surface area contributed by atoms with Crippen molar-refractivity contribution in [2.24, 2.45) is 0 Å². The Hall–Kier alpha value is -1.21. The van der Waals surface area contributed by atoms with Crippen molar-refractivity contribution in [3.63, 3.8) is 0 Å². The van der Waals surface area contributed by atoms with Crippen LogP contribution in [0.4, 0.5) is 0 Å². The average molecular weight is 1000 g/mol. The Morgan fingerprint density at radius 3 is 0.902 bits per heavy atom. The quantitative estimate of drug-likeness (QED) is 0.0292. The normalized spacial score (nSPS) is 11.8. The first-order chi connectivity index (χ1) is 28.9. The van der Waals surface area contributed by atoms with E-state index in [2.05, 4.69) is 52.0 Å². The van der Waals surface area contributed by atoms with E-state index in [1.807, 2.05) is 24.3 Å². The molecule has 0 saturated heterocycles. The Morgan fingerprint density at radius 2 is 0.623 bits per heavy atom. The summed E-state index contributed by atoms with van der Waals surface area (Å²) in [5.74, 6) is 0. The summed E-state index contributed by atoms with van der Waals surface area (Å²) in [7, 11) is -8.96. The Balaban J connectivity index is 0.000000413. The second-order valence-corrected chi connectivity index (χ2v) is 19.9. The monoisotopic (exact) mass is 1000 g/mol. The third kappa shape index (κ3) is 21.1. The van der Waals surface area contributed by atoms with E-state index in [4.69, 9.17) is 0 Å². The van der Waals surface area contributed by atoms with Crippen molar-refractivity contribution >= 4 is 90.7 Å². The first kappa shape index (κ1) is 55.9. The molecule has 0 aliphatic rings. The summed E-state index contributed by atoms with van der Waals surface area (Å²) >= 11 is 0. The van der Waals surface area contributed by atoms with Crippen LogP contribution >= 0.6 is 0 Å². The molecule has 4 rings (SSSR count). The van der Waals surface area contributed by atoms with Crippen molar-refractivity contribution in [3.05, 3.63) is 82.9 Å². The summed E-state index contributed by atoms with van der Waals surface area (Å²) in [6.45, 7) is 8.83.